The number of rotatable bonds is 5. The number of aliphatic hydroxyl groups is 1. The summed E-state index contributed by atoms with van der Waals surface area (Å²) in [6.07, 6.45) is 1.68. The summed E-state index contributed by atoms with van der Waals surface area (Å²) in [5.74, 6) is 1.17. The van der Waals surface area contributed by atoms with Crippen LogP contribution in [0.3, 0.4) is 0 Å². The van der Waals surface area contributed by atoms with Crippen molar-refractivity contribution in [2.75, 3.05) is 12.4 Å². The molecule has 2 N–H and O–H groups in total. The molecule has 3 aromatic rings. The van der Waals surface area contributed by atoms with Crippen LogP contribution in [-0.4, -0.2) is 28.4 Å². The van der Waals surface area contributed by atoms with Gasteiger partial charge in [-0.25, -0.2) is 9.97 Å². The van der Waals surface area contributed by atoms with Crippen molar-refractivity contribution in [2.24, 2.45) is 0 Å². The fraction of sp³-hybridized carbons (Fsp3) is 0.263. The molecule has 124 valence electrons. The second-order valence-electron chi connectivity index (χ2n) is 5.69. The van der Waals surface area contributed by atoms with Crippen LogP contribution in [0.2, 0.25) is 0 Å². The molecule has 1 atom stereocenters. The number of aryl methyl sites for hydroxylation is 1. The minimum Gasteiger partial charge on any atom is -0.496 e. The van der Waals surface area contributed by atoms with Crippen molar-refractivity contribution in [3.63, 3.8) is 0 Å². The van der Waals surface area contributed by atoms with Gasteiger partial charge in [0.05, 0.1) is 12.6 Å². The van der Waals surface area contributed by atoms with Crippen LogP contribution in [0, 0.1) is 6.92 Å². The van der Waals surface area contributed by atoms with E-state index in [1.54, 1.807) is 13.3 Å². The molecular formula is C19H21N3O2. The van der Waals surface area contributed by atoms with E-state index in [9.17, 15) is 5.11 Å². The molecule has 0 bridgehead atoms. The highest BCUT2D eigenvalue weighted by atomic mass is 16.5. The molecule has 5 heteroatoms. The zero-order chi connectivity index (χ0) is 17.1. The molecule has 2 aromatic carbocycles. The van der Waals surface area contributed by atoms with Crippen molar-refractivity contribution in [3.05, 3.63) is 48.2 Å². The topological polar surface area (TPSA) is 67.3 Å². The summed E-state index contributed by atoms with van der Waals surface area (Å²) < 4.78 is 5.57. The summed E-state index contributed by atoms with van der Waals surface area (Å²) >= 11 is 0. The first-order chi connectivity index (χ1) is 11.6. The Kier molecular flexibility index (Phi) is 4.62. The van der Waals surface area contributed by atoms with Crippen LogP contribution in [0.15, 0.2) is 42.6 Å². The number of hydrogen-bond donors (Lipinski definition) is 2. The highest BCUT2D eigenvalue weighted by molar-refractivity contribution is 5.89. The molecule has 0 spiro atoms. The van der Waals surface area contributed by atoms with Gasteiger partial charge in [0.2, 0.25) is 5.95 Å². The lowest BCUT2D eigenvalue weighted by Crippen LogP contribution is -2.18. The van der Waals surface area contributed by atoms with E-state index >= 15 is 0 Å². The van der Waals surface area contributed by atoms with Crippen molar-refractivity contribution in [3.8, 4) is 16.9 Å². The first-order valence-corrected chi connectivity index (χ1v) is 7.97. The predicted molar refractivity (Wildman–Crippen MR) is 96.2 cm³/mol. The summed E-state index contributed by atoms with van der Waals surface area (Å²) in [6, 6.07) is 12.1. The van der Waals surface area contributed by atoms with Crippen LogP contribution in [0.1, 0.15) is 18.9 Å². The predicted octanol–water partition coefficient (Wildman–Crippen LogP) is 3.75. The van der Waals surface area contributed by atoms with E-state index in [2.05, 4.69) is 34.3 Å². The maximum atomic E-state index is 9.69. The standard InChI is InChI=1S/C19H21N3O2/c1-4-18(23)22-19-20-11-13-9-15(14-8-6-5-7-12(14)2)17(24-3)10-16(13)21-19/h5-11,18,23H,4H2,1-3H3,(H,20,21,22). The number of aliphatic hydroxyl groups excluding tert-OH is 1. The van der Waals surface area contributed by atoms with Gasteiger partial charge in [0.1, 0.15) is 12.0 Å². The number of benzene rings is 2. The molecule has 0 saturated heterocycles. The van der Waals surface area contributed by atoms with Crippen LogP contribution < -0.4 is 10.1 Å². The molecular weight excluding hydrogens is 302 g/mol. The van der Waals surface area contributed by atoms with Crippen molar-refractivity contribution >= 4 is 16.9 Å². The highest BCUT2D eigenvalue weighted by Gasteiger charge is 2.12. The number of methoxy groups -OCH3 is 1. The van der Waals surface area contributed by atoms with Gasteiger partial charge in [0.25, 0.3) is 0 Å². The molecule has 0 radical (unpaired) electrons. The molecule has 1 heterocycles. The zero-order valence-corrected chi connectivity index (χ0v) is 14.1. The molecule has 0 aliphatic carbocycles. The monoisotopic (exact) mass is 323 g/mol. The number of anilines is 1. The largest absolute Gasteiger partial charge is 0.496 e. The lowest BCUT2D eigenvalue weighted by molar-refractivity contribution is 0.198. The van der Waals surface area contributed by atoms with E-state index in [1.807, 2.05) is 31.2 Å². The molecule has 0 amide bonds. The minimum atomic E-state index is -0.657. The van der Waals surface area contributed by atoms with Crippen LogP contribution >= 0.6 is 0 Å². The number of nitrogens with one attached hydrogen (secondary N) is 1. The third kappa shape index (κ3) is 3.16. The number of aromatic nitrogens is 2. The van der Waals surface area contributed by atoms with Crippen molar-refractivity contribution < 1.29 is 9.84 Å². The Hall–Kier alpha value is -2.66. The van der Waals surface area contributed by atoms with Crippen LogP contribution in [0.25, 0.3) is 22.0 Å². The Bertz CT molecular complexity index is 864. The van der Waals surface area contributed by atoms with E-state index in [1.165, 1.54) is 5.56 Å². The summed E-state index contributed by atoms with van der Waals surface area (Å²) in [5.41, 5.74) is 4.09. The SMILES string of the molecule is CCC(O)Nc1ncc2cc(-c3ccccc3C)c(OC)cc2n1. The lowest BCUT2D eigenvalue weighted by atomic mass is 9.98. The van der Waals surface area contributed by atoms with Gasteiger partial charge in [-0.2, -0.15) is 0 Å². The number of fused-ring (bicyclic) bond motifs is 1. The van der Waals surface area contributed by atoms with Gasteiger partial charge in [-0.1, -0.05) is 31.2 Å². The smallest absolute Gasteiger partial charge is 0.225 e. The van der Waals surface area contributed by atoms with Gasteiger partial charge >= 0.3 is 0 Å². The maximum absolute atomic E-state index is 9.69. The minimum absolute atomic E-state index is 0.405. The number of nitrogens with zero attached hydrogens (tertiary/aromatic N) is 2. The molecule has 0 aliphatic rings. The van der Waals surface area contributed by atoms with E-state index < -0.39 is 6.23 Å². The van der Waals surface area contributed by atoms with Crippen molar-refractivity contribution in [1.29, 1.82) is 0 Å². The van der Waals surface area contributed by atoms with Crippen LogP contribution in [0.4, 0.5) is 5.95 Å². The highest BCUT2D eigenvalue weighted by Crippen LogP contribution is 2.35. The molecule has 0 aliphatic heterocycles. The van der Waals surface area contributed by atoms with Gasteiger partial charge in [0.15, 0.2) is 0 Å². The lowest BCUT2D eigenvalue weighted by Gasteiger charge is -2.14. The van der Waals surface area contributed by atoms with Gasteiger partial charge < -0.3 is 15.2 Å². The molecule has 3 rings (SSSR count). The fourth-order valence-corrected chi connectivity index (χ4v) is 2.63. The summed E-state index contributed by atoms with van der Waals surface area (Å²) in [7, 11) is 1.66. The Morgan fingerprint density at radius 3 is 2.71 bits per heavy atom. The van der Waals surface area contributed by atoms with E-state index in [0.29, 0.717) is 12.4 Å². The summed E-state index contributed by atoms with van der Waals surface area (Å²) in [6.45, 7) is 3.96. The number of hydrogen-bond acceptors (Lipinski definition) is 5. The Balaban J connectivity index is 2.10. The van der Waals surface area contributed by atoms with E-state index in [4.69, 9.17) is 4.74 Å². The quantitative estimate of drug-likeness (QED) is 0.700. The first-order valence-electron chi connectivity index (χ1n) is 7.97. The van der Waals surface area contributed by atoms with Gasteiger partial charge in [0, 0.05) is 23.2 Å². The van der Waals surface area contributed by atoms with Crippen molar-refractivity contribution in [1.82, 2.24) is 9.97 Å². The Morgan fingerprint density at radius 2 is 2.00 bits per heavy atom. The Morgan fingerprint density at radius 1 is 1.21 bits per heavy atom. The third-order valence-corrected chi connectivity index (χ3v) is 4.02. The molecule has 24 heavy (non-hydrogen) atoms. The van der Waals surface area contributed by atoms with Gasteiger partial charge in [-0.15, -0.1) is 0 Å². The number of ether oxygens (including phenoxy) is 1. The third-order valence-electron chi connectivity index (χ3n) is 4.02. The molecule has 0 saturated carbocycles. The zero-order valence-electron chi connectivity index (χ0n) is 14.1. The molecule has 1 aromatic heterocycles. The average Bonchev–Trinajstić information content (AvgIpc) is 2.61. The molecule has 0 fully saturated rings. The van der Waals surface area contributed by atoms with E-state index in [-0.39, 0.29) is 0 Å². The first kappa shape index (κ1) is 16.2. The average molecular weight is 323 g/mol. The summed E-state index contributed by atoms with van der Waals surface area (Å²) in [5, 5.41) is 13.5. The second kappa shape index (κ2) is 6.84. The molecule has 1 unspecified atom stereocenters. The van der Waals surface area contributed by atoms with Crippen molar-refractivity contribution in [2.45, 2.75) is 26.5 Å². The normalized spacial score (nSPS) is 12.2. The van der Waals surface area contributed by atoms with Gasteiger partial charge in [-0.05, 0) is 30.5 Å². The van der Waals surface area contributed by atoms with E-state index in [0.717, 1.165) is 27.8 Å². The molecule has 5 nitrogen and oxygen atoms in total. The van der Waals surface area contributed by atoms with Crippen LogP contribution in [-0.2, 0) is 0 Å². The Labute approximate surface area is 141 Å². The maximum Gasteiger partial charge on any atom is 0.225 e. The second-order valence-corrected chi connectivity index (χ2v) is 5.69. The fourth-order valence-electron chi connectivity index (χ4n) is 2.63. The van der Waals surface area contributed by atoms with Crippen LogP contribution in [0.5, 0.6) is 5.75 Å². The van der Waals surface area contributed by atoms with Gasteiger partial charge in [-0.3, -0.25) is 0 Å². The summed E-state index contributed by atoms with van der Waals surface area (Å²) in [4.78, 5) is 8.75.